The first-order valence-corrected chi connectivity index (χ1v) is 10.5. The lowest BCUT2D eigenvalue weighted by Crippen LogP contribution is -2.36. The van der Waals surface area contributed by atoms with Crippen molar-refractivity contribution in [2.24, 2.45) is 4.99 Å². The Labute approximate surface area is 172 Å². The number of thiazole rings is 1. The van der Waals surface area contributed by atoms with Gasteiger partial charge in [-0.15, -0.1) is 11.3 Å². The number of halogens is 3. The molecule has 1 aliphatic heterocycles. The molecule has 1 fully saturated rings. The van der Waals surface area contributed by atoms with Crippen molar-refractivity contribution in [2.75, 3.05) is 25.0 Å². The van der Waals surface area contributed by atoms with Crippen LogP contribution in [0, 0.1) is 0 Å². The number of aliphatic imine (C=N–C) groups is 1. The van der Waals surface area contributed by atoms with E-state index < -0.39 is 11.9 Å². The van der Waals surface area contributed by atoms with Crippen molar-refractivity contribution in [3.63, 3.8) is 0 Å². The van der Waals surface area contributed by atoms with E-state index in [-0.39, 0.29) is 6.54 Å². The molecule has 0 saturated carbocycles. The molecule has 0 bridgehead atoms. The van der Waals surface area contributed by atoms with Crippen LogP contribution in [0.15, 0.2) is 28.7 Å². The molecule has 10 heteroatoms. The molecule has 0 radical (unpaired) electrons. The molecule has 158 valence electrons. The summed E-state index contributed by atoms with van der Waals surface area (Å²) in [6.07, 6.45) is 2.40. The summed E-state index contributed by atoms with van der Waals surface area (Å²) in [4.78, 5) is 14.6. The predicted octanol–water partition coefficient (Wildman–Crippen LogP) is 3.80. The second-order valence-electron chi connectivity index (χ2n) is 6.83. The third-order valence-corrected chi connectivity index (χ3v) is 5.52. The molecule has 2 aromatic rings. The summed E-state index contributed by atoms with van der Waals surface area (Å²) in [5.74, 6) is 1.49. The number of nitrogens with zero attached hydrogens (tertiary/aromatic N) is 4. The molecule has 29 heavy (non-hydrogen) atoms. The van der Waals surface area contributed by atoms with Gasteiger partial charge in [0.2, 0.25) is 0 Å². The minimum Gasteiger partial charge on any atom is -0.357 e. The number of guanidine groups is 1. The summed E-state index contributed by atoms with van der Waals surface area (Å²) in [6, 6.07) is 4.07. The number of hydrogen-bond acceptors (Lipinski definition) is 5. The molecule has 2 aromatic heterocycles. The van der Waals surface area contributed by atoms with E-state index in [0.29, 0.717) is 17.5 Å². The highest BCUT2D eigenvalue weighted by atomic mass is 32.1. The van der Waals surface area contributed by atoms with Gasteiger partial charge >= 0.3 is 6.18 Å². The van der Waals surface area contributed by atoms with Crippen molar-refractivity contribution < 1.29 is 13.2 Å². The Hall–Kier alpha value is -2.36. The van der Waals surface area contributed by atoms with Gasteiger partial charge < -0.3 is 15.5 Å². The number of nitrogens with one attached hydrogen (secondary N) is 2. The van der Waals surface area contributed by atoms with Crippen LogP contribution in [0.5, 0.6) is 0 Å². The topological polar surface area (TPSA) is 65.4 Å². The average molecular weight is 427 g/mol. The Morgan fingerprint density at radius 1 is 1.14 bits per heavy atom. The van der Waals surface area contributed by atoms with Gasteiger partial charge in [-0.3, -0.25) is 4.99 Å². The van der Waals surface area contributed by atoms with Crippen molar-refractivity contribution >= 4 is 23.1 Å². The van der Waals surface area contributed by atoms with Crippen molar-refractivity contribution in [3.05, 3.63) is 40.0 Å². The number of rotatable bonds is 5. The molecule has 2 N–H and O–H groups in total. The molecular formula is C19H25F3N6S. The number of hydrogen-bond donors (Lipinski definition) is 2. The number of pyridine rings is 1. The van der Waals surface area contributed by atoms with Crippen LogP contribution >= 0.6 is 11.3 Å². The largest absolute Gasteiger partial charge is 0.434 e. The van der Waals surface area contributed by atoms with Crippen molar-refractivity contribution in [3.8, 4) is 0 Å². The van der Waals surface area contributed by atoms with Crippen LogP contribution in [0.3, 0.4) is 0 Å². The molecule has 3 rings (SSSR count). The fourth-order valence-corrected chi connectivity index (χ4v) is 3.84. The summed E-state index contributed by atoms with van der Waals surface area (Å²) >= 11 is 0.969. The van der Waals surface area contributed by atoms with Gasteiger partial charge in [-0.2, -0.15) is 13.2 Å². The molecule has 0 amide bonds. The minimum atomic E-state index is -4.42. The van der Waals surface area contributed by atoms with Crippen LogP contribution in [0.2, 0.25) is 0 Å². The highest BCUT2D eigenvalue weighted by Gasteiger charge is 2.33. The van der Waals surface area contributed by atoms with Crippen LogP contribution < -0.4 is 15.5 Å². The van der Waals surface area contributed by atoms with E-state index in [4.69, 9.17) is 0 Å². The zero-order valence-electron chi connectivity index (χ0n) is 16.3. The molecular weight excluding hydrogens is 401 g/mol. The van der Waals surface area contributed by atoms with Gasteiger partial charge in [0.25, 0.3) is 0 Å². The summed E-state index contributed by atoms with van der Waals surface area (Å²) in [6.45, 7) is 2.78. The summed E-state index contributed by atoms with van der Waals surface area (Å²) in [5.41, 5.74) is 0.137. The molecule has 1 saturated heterocycles. The van der Waals surface area contributed by atoms with E-state index in [1.165, 1.54) is 25.7 Å². The summed E-state index contributed by atoms with van der Waals surface area (Å²) in [5, 5.41) is 7.49. The Bertz CT molecular complexity index is 795. The smallest absolute Gasteiger partial charge is 0.357 e. The van der Waals surface area contributed by atoms with E-state index in [2.05, 4.69) is 30.5 Å². The first-order chi connectivity index (χ1) is 14.0. The van der Waals surface area contributed by atoms with Crippen molar-refractivity contribution in [2.45, 2.75) is 44.9 Å². The van der Waals surface area contributed by atoms with Gasteiger partial charge in [0.15, 0.2) is 11.7 Å². The van der Waals surface area contributed by atoms with Gasteiger partial charge in [-0.25, -0.2) is 9.97 Å². The maximum absolute atomic E-state index is 12.6. The fraction of sp³-hybridized carbons (Fsp3) is 0.526. The molecule has 0 aliphatic carbocycles. The maximum atomic E-state index is 12.6. The van der Waals surface area contributed by atoms with Crippen LogP contribution in [0.1, 0.15) is 41.9 Å². The molecule has 6 nitrogen and oxygen atoms in total. The number of aromatic nitrogens is 2. The first-order valence-electron chi connectivity index (χ1n) is 9.61. The average Bonchev–Trinajstić information content (AvgIpc) is 3.03. The quantitative estimate of drug-likeness (QED) is 0.562. The van der Waals surface area contributed by atoms with Crippen molar-refractivity contribution in [1.29, 1.82) is 0 Å². The Balaban J connectivity index is 1.48. The van der Waals surface area contributed by atoms with Gasteiger partial charge in [0.05, 0.1) is 6.54 Å². The second-order valence-corrected chi connectivity index (χ2v) is 7.77. The van der Waals surface area contributed by atoms with Crippen LogP contribution in [0.25, 0.3) is 0 Å². The zero-order valence-corrected chi connectivity index (χ0v) is 17.1. The molecule has 0 spiro atoms. The zero-order chi connectivity index (χ0) is 20.7. The Morgan fingerprint density at radius 2 is 1.86 bits per heavy atom. The molecule has 0 aromatic carbocycles. The second kappa shape index (κ2) is 9.91. The van der Waals surface area contributed by atoms with E-state index in [1.54, 1.807) is 7.05 Å². The monoisotopic (exact) mass is 426 g/mol. The van der Waals surface area contributed by atoms with Gasteiger partial charge in [-0.05, 0) is 24.5 Å². The predicted molar refractivity (Wildman–Crippen MR) is 109 cm³/mol. The van der Waals surface area contributed by atoms with E-state index >= 15 is 0 Å². The molecule has 0 unspecified atom stereocenters. The maximum Gasteiger partial charge on any atom is 0.434 e. The van der Waals surface area contributed by atoms with E-state index in [0.717, 1.165) is 41.2 Å². The Kier molecular flexibility index (Phi) is 7.29. The van der Waals surface area contributed by atoms with E-state index in [9.17, 15) is 13.2 Å². The normalized spacial score (nSPS) is 15.9. The fourth-order valence-electron chi connectivity index (χ4n) is 3.10. The standard InChI is InChI=1S/C19H25F3N6S/c1-23-18(26-12-17-27-15(13-29-17)19(20,21)22)25-11-14-6-7-16(24-10-14)28-8-4-2-3-5-9-28/h6-7,10,13H,2-5,8-9,11-12H2,1H3,(H2,23,25,26). The number of anilines is 1. The third-order valence-electron chi connectivity index (χ3n) is 4.67. The molecule has 0 atom stereocenters. The summed E-state index contributed by atoms with van der Waals surface area (Å²) < 4.78 is 37.9. The SMILES string of the molecule is CN=C(NCc1ccc(N2CCCCCC2)nc1)NCc1nc(C(F)(F)F)cs1. The highest BCUT2D eigenvalue weighted by molar-refractivity contribution is 7.09. The van der Waals surface area contributed by atoms with Gasteiger partial charge in [0.1, 0.15) is 10.8 Å². The van der Waals surface area contributed by atoms with Crippen LogP contribution in [0.4, 0.5) is 19.0 Å². The van der Waals surface area contributed by atoms with Crippen LogP contribution in [-0.2, 0) is 19.3 Å². The van der Waals surface area contributed by atoms with Gasteiger partial charge in [0, 0.05) is 38.3 Å². The first kappa shape index (κ1) is 21.4. The minimum absolute atomic E-state index is 0.173. The van der Waals surface area contributed by atoms with Gasteiger partial charge in [-0.1, -0.05) is 18.9 Å². The molecule has 1 aliphatic rings. The highest BCUT2D eigenvalue weighted by Crippen LogP contribution is 2.29. The lowest BCUT2D eigenvalue weighted by Gasteiger charge is -2.21. The van der Waals surface area contributed by atoms with Crippen LogP contribution in [-0.4, -0.2) is 36.1 Å². The lowest BCUT2D eigenvalue weighted by molar-refractivity contribution is -0.140. The van der Waals surface area contributed by atoms with Crippen molar-refractivity contribution in [1.82, 2.24) is 20.6 Å². The lowest BCUT2D eigenvalue weighted by atomic mass is 10.2. The number of alkyl halides is 3. The third kappa shape index (κ3) is 6.31. The Morgan fingerprint density at radius 3 is 2.45 bits per heavy atom. The summed E-state index contributed by atoms with van der Waals surface area (Å²) in [7, 11) is 1.61. The van der Waals surface area contributed by atoms with E-state index in [1.807, 2.05) is 18.3 Å². The molecule has 3 heterocycles.